The molecular formula is C15H13ClNO. The molecule has 0 amide bonds. The van der Waals surface area contributed by atoms with E-state index in [9.17, 15) is 4.79 Å². The molecule has 3 heteroatoms. The highest BCUT2D eigenvalue weighted by molar-refractivity contribution is 6.31. The van der Waals surface area contributed by atoms with E-state index in [2.05, 4.69) is 12.2 Å². The molecule has 1 unspecified atom stereocenters. The number of carbonyl (C=O) groups is 1. The summed E-state index contributed by atoms with van der Waals surface area (Å²) in [5.74, 6) is 0. The predicted octanol–water partition coefficient (Wildman–Crippen LogP) is 3.68. The summed E-state index contributed by atoms with van der Waals surface area (Å²) in [6.07, 6.45) is 0.765. The fourth-order valence-electron chi connectivity index (χ4n) is 1.76. The van der Waals surface area contributed by atoms with Crippen LogP contribution in [-0.4, -0.2) is 6.29 Å². The smallest absolute Gasteiger partial charge is 0.149 e. The predicted molar refractivity (Wildman–Crippen MR) is 74.6 cm³/mol. The molecule has 2 nitrogen and oxygen atoms in total. The average Bonchev–Trinajstić information content (AvgIpc) is 2.40. The number of halogens is 1. The number of hydrogen-bond acceptors (Lipinski definition) is 2. The van der Waals surface area contributed by atoms with Gasteiger partial charge in [-0.15, -0.1) is 0 Å². The second-order valence-electron chi connectivity index (χ2n) is 4.06. The summed E-state index contributed by atoms with van der Waals surface area (Å²) >= 11 is 6.11. The van der Waals surface area contributed by atoms with Crippen LogP contribution >= 0.6 is 11.6 Å². The molecule has 1 N–H and O–H groups in total. The van der Waals surface area contributed by atoms with Crippen LogP contribution in [0.3, 0.4) is 0 Å². The lowest BCUT2D eigenvalue weighted by Gasteiger charge is -2.27. The molecule has 2 aromatic carbocycles. The highest BCUT2D eigenvalue weighted by Gasteiger charge is 2.28. The molecule has 0 aliphatic heterocycles. The SMILES string of the molecule is [CH2]C(C=O)(Nc1ccccc1)c1ccccc1Cl. The molecular weight excluding hydrogens is 246 g/mol. The lowest BCUT2D eigenvalue weighted by atomic mass is 9.93. The number of aldehydes is 1. The molecule has 0 saturated heterocycles. The third kappa shape index (κ3) is 2.54. The third-order valence-electron chi connectivity index (χ3n) is 2.70. The Morgan fingerprint density at radius 2 is 1.67 bits per heavy atom. The fraction of sp³-hybridized carbons (Fsp3) is 0.0667. The molecule has 1 radical (unpaired) electrons. The van der Waals surface area contributed by atoms with Crippen LogP contribution in [0.1, 0.15) is 5.56 Å². The summed E-state index contributed by atoms with van der Waals surface area (Å²) in [6.45, 7) is 3.95. The lowest BCUT2D eigenvalue weighted by Crippen LogP contribution is -2.34. The summed E-state index contributed by atoms with van der Waals surface area (Å²) in [5.41, 5.74) is 0.393. The minimum atomic E-state index is -1.08. The number of carbonyl (C=O) groups excluding carboxylic acids is 1. The van der Waals surface area contributed by atoms with E-state index in [0.29, 0.717) is 10.6 Å². The van der Waals surface area contributed by atoms with Gasteiger partial charge >= 0.3 is 0 Å². The fourth-order valence-corrected chi connectivity index (χ4v) is 2.07. The van der Waals surface area contributed by atoms with Crippen LogP contribution in [0.4, 0.5) is 5.69 Å². The first-order chi connectivity index (χ1) is 8.65. The van der Waals surface area contributed by atoms with Crippen molar-refractivity contribution in [3.05, 3.63) is 72.1 Å². The van der Waals surface area contributed by atoms with Crippen molar-refractivity contribution in [3.63, 3.8) is 0 Å². The Hall–Kier alpha value is -1.80. The number of para-hydroxylation sites is 1. The van der Waals surface area contributed by atoms with E-state index in [1.807, 2.05) is 42.5 Å². The molecule has 0 aliphatic carbocycles. The zero-order chi connectivity index (χ0) is 13.0. The highest BCUT2D eigenvalue weighted by Crippen LogP contribution is 2.29. The van der Waals surface area contributed by atoms with Crippen molar-refractivity contribution in [3.8, 4) is 0 Å². The van der Waals surface area contributed by atoms with Crippen molar-refractivity contribution in [1.82, 2.24) is 0 Å². The first kappa shape index (κ1) is 12.7. The summed E-state index contributed by atoms with van der Waals surface area (Å²) in [7, 11) is 0. The largest absolute Gasteiger partial charge is 0.369 e. The summed E-state index contributed by atoms with van der Waals surface area (Å²) in [5, 5.41) is 3.62. The number of rotatable bonds is 4. The zero-order valence-electron chi connectivity index (χ0n) is 9.77. The van der Waals surface area contributed by atoms with E-state index >= 15 is 0 Å². The topological polar surface area (TPSA) is 29.1 Å². The van der Waals surface area contributed by atoms with Crippen molar-refractivity contribution < 1.29 is 4.79 Å². The van der Waals surface area contributed by atoms with Crippen LogP contribution < -0.4 is 5.32 Å². The molecule has 2 rings (SSSR count). The van der Waals surface area contributed by atoms with E-state index in [4.69, 9.17) is 11.6 Å². The van der Waals surface area contributed by atoms with Gasteiger partial charge in [-0.1, -0.05) is 48.0 Å². The molecule has 0 aromatic heterocycles. The van der Waals surface area contributed by atoms with Crippen LogP contribution in [0, 0.1) is 6.92 Å². The maximum atomic E-state index is 11.4. The molecule has 0 bridgehead atoms. The minimum Gasteiger partial charge on any atom is -0.369 e. The first-order valence-corrected chi connectivity index (χ1v) is 5.93. The maximum absolute atomic E-state index is 11.4. The zero-order valence-corrected chi connectivity index (χ0v) is 10.5. The molecule has 1 atom stereocenters. The van der Waals surface area contributed by atoms with Gasteiger partial charge in [0, 0.05) is 16.3 Å². The monoisotopic (exact) mass is 258 g/mol. The molecule has 18 heavy (non-hydrogen) atoms. The number of benzene rings is 2. The molecule has 0 fully saturated rings. The molecule has 0 saturated carbocycles. The Morgan fingerprint density at radius 3 is 2.28 bits per heavy atom. The van der Waals surface area contributed by atoms with Gasteiger partial charge in [0.25, 0.3) is 0 Å². The van der Waals surface area contributed by atoms with Gasteiger partial charge in [0.15, 0.2) is 0 Å². The number of anilines is 1. The molecule has 0 aliphatic rings. The highest BCUT2D eigenvalue weighted by atomic mass is 35.5. The van der Waals surface area contributed by atoms with Gasteiger partial charge in [-0.05, 0) is 25.1 Å². The second-order valence-corrected chi connectivity index (χ2v) is 4.47. The van der Waals surface area contributed by atoms with E-state index < -0.39 is 5.54 Å². The second kappa shape index (κ2) is 5.23. The van der Waals surface area contributed by atoms with Crippen molar-refractivity contribution in [1.29, 1.82) is 0 Å². The van der Waals surface area contributed by atoms with Crippen molar-refractivity contribution in [2.75, 3.05) is 5.32 Å². The number of hydrogen-bond donors (Lipinski definition) is 1. The van der Waals surface area contributed by atoms with E-state index in [-0.39, 0.29) is 0 Å². The van der Waals surface area contributed by atoms with E-state index in [0.717, 1.165) is 12.0 Å². The van der Waals surface area contributed by atoms with Gasteiger partial charge in [0.05, 0.1) is 0 Å². The van der Waals surface area contributed by atoms with Crippen LogP contribution in [0.5, 0.6) is 0 Å². The Labute approximate surface area is 112 Å². The first-order valence-electron chi connectivity index (χ1n) is 5.55. The van der Waals surface area contributed by atoms with Crippen molar-refractivity contribution in [2.24, 2.45) is 0 Å². The quantitative estimate of drug-likeness (QED) is 0.848. The van der Waals surface area contributed by atoms with Crippen molar-refractivity contribution in [2.45, 2.75) is 5.54 Å². The number of nitrogens with one attached hydrogen (secondary N) is 1. The van der Waals surface area contributed by atoms with Gasteiger partial charge in [-0.2, -0.15) is 0 Å². The molecule has 91 valence electrons. The van der Waals surface area contributed by atoms with Gasteiger partial charge < -0.3 is 10.1 Å². The molecule has 0 spiro atoms. The Morgan fingerprint density at radius 1 is 1.06 bits per heavy atom. The van der Waals surface area contributed by atoms with Crippen LogP contribution in [0.15, 0.2) is 54.6 Å². The maximum Gasteiger partial charge on any atom is 0.149 e. The van der Waals surface area contributed by atoms with Gasteiger partial charge in [-0.3, -0.25) is 0 Å². The standard InChI is InChI=1S/C15H13ClNO/c1-15(11-18,13-9-5-6-10-14(13)16)17-12-7-3-2-4-8-12/h2-11,17H,1H2. The average molecular weight is 259 g/mol. The summed E-state index contributed by atoms with van der Waals surface area (Å²) in [6, 6.07) is 16.6. The lowest BCUT2D eigenvalue weighted by molar-refractivity contribution is -0.110. The minimum absolute atomic E-state index is 0.517. The summed E-state index contributed by atoms with van der Waals surface area (Å²) in [4.78, 5) is 11.4. The van der Waals surface area contributed by atoms with Crippen molar-refractivity contribution >= 4 is 23.6 Å². The molecule has 2 aromatic rings. The molecule has 0 heterocycles. The van der Waals surface area contributed by atoms with Crippen LogP contribution in [0.25, 0.3) is 0 Å². The summed E-state index contributed by atoms with van der Waals surface area (Å²) < 4.78 is 0. The Bertz CT molecular complexity index is 541. The van der Waals surface area contributed by atoms with Crippen LogP contribution in [0.2, 0.25) is 5.02 Å². The van der Waals surface area contributed by atoms with E-state index in [1.165, 1.54) is 0 Å². The Balaban J connectivity index is 2.37. The van der Waals surface area contributed by atoms with Gasteiger partial charge in [0.1, 0.15) is 11.8 Å². The van der Waals surface area contributed by atoms with Crippen LogP contribution in [-0.2, 0) is 10.3 Å². The van der Waals surface area contributed by atoms with E-state index in [1.54, 1.807) is 12.1 Å². The van der Waals surface area contributed by atoms with Gasteiger partial charge in [0.2, 0.25) is 0 Å². The third-order valence-corrected chi connectivity index (χ3v) is 3.03. The normalized spacial score (nSPS) is 13.7. The Kier molecular flexibility index (Phi) is 3.68. The van der Waals surface area contributed by atoms with Gasteiger partial charge in [-0.25, -0.2) is 0 Å².